The monoisotopic (exact) mass is 438 g/mol. The lowest BCUT2D eigenvalue weighted by Crippen LogP contribution is -2.17. The molecule has 0 amide bonds. The smallest absolute Gasteiger partial charge is 0.404 e. The molecule has 5 heteroatoms. The van der Waals surface area contributed by atoms with Gasteiger partial charge in [0.2, 0.25) is 0 Å². The van der Waals surface area contributed by atoms with Crippen molar-refractivity contribution in [3.63, 3.8) is 0 Å². The van der Waals surface area contributed by atoms with Crippen molar-refractivity contribution in [3.05, 3.63) is 77.9 Å². The molecule has 0 bridgehead atoms. The lowest BCUT2D eigenvalue weighted by molar-refractivity contribution is 0.283. The lowest BCUT2D eigenvalue weighted by Gasteiger charge is -2.28. The summed E-state index contributed by atoms with van der Waals surface area (Å²) >= 11 is 0. The van der Waals surface area contributed by atoms with Gasteiger partial charge in [0.05, 0.1) is 0 Å². The number of rotatable bonds is 4. The van der Waals surface area contributed by atoms with Crippen molar-refractivity contribution in [3.8, 4) is 28.0 Å². The summed E-state index contributed by atoms with van der Waals surface area (Å²) in [6.07, 6.45) is 0. The molecular formula is C26H31O4P. The van der Waals surface area contributed by atoms with Crippen molar-refractivity contribution in [2.24, 2.45) is 0 Å². The molecule has 0 fully saturated rings. The molecule has 0 aliphatic heterocycles. The Morgan fingerprint density at radius 1 is 0.710 bits per heavy atom. The minimum atomic E-state index is -4.58. The van der Waals surface area contributed by atoms with Crippen molar-refractivity contribution in [2.75, 3.05) is 0 Å². The Kier molecular flexibility index (Phi) is 6.21. The molecule has 3 aromatic carbocycles. The fourth-order valence-corrected chi connectivity index (χ4v) is 4.06. The predicted octanol–water partition coefficient (Wildman–Crippen LogP) is 7.09. The first-order chi connectivity index (χ1) is 14.3. The molecule has 0 atom stereocenters. The summed E-state index contributed by atoms with van der Waals surface area (Å²) in [6.45, 7) is 13.4. The van der Waals surface area contributed by atoms with E-state index in [0.29, 0.717) is 0 Å². The average molecular weight is 439 g/mol. The van der Waals surface area contributed by atoms with E-state index < -0.39 is 7.82 Å². The molecule has 3 rings (SSSR count). The second-order valence-electron chi connectivity index (χ2n) is 9.91. The van der Waals surface area contributed by atoms with E-state index in [9.17, 15) is 4.57 Å². The average Bonchev–Trinajstić information content (AvgIpc) is 2.65. The Hall–Kier alpha value is -2.39. The van der Waals surface area contributed by atoms with E-state index in [1.165, 1.54) is 16.7 Å². The van der Waals surface area contributed by atoms with Crippen molar-refractivity contribution in [1.29, 1.82) is 0 Å². The van der Waals surface area contributed by atoms with Crippen molar-refractivity contribution in [2.45, 2.75) is 52.4 Å². The minimum absolute atomic E-state index is 0.0369. The Morgan fingerprint density at radius 3 is 1.81 bits per heavy atom. The highest BCUT2D eigenvalue weighted by molar-refractivity contribution is 7.46. The largest absolute Gasteiger partial charge is 0.524 e. The number of benzene rings is 3. The molecule has 0 radical (unpaired) electrons. The first-order valence-electron chi connectivity index (χ1n) is 10.4. The van der Waals surface area contributed by atoms with Gasteiger partial charge in [-0.1, -0.05) is 96.1 Å². The van der Waals surface area contributed by atoms with E-state index >= 15 is 0 Å². The van der Waals surface area contributed by atoms with Gasteiger partial charge in [-0.2, -0.15) is 0 Å². The van der Waals surface area contributed by atoms with Gasteiger partial charge in [-0.25, -0.2) is 4.57 Å². The molecule has 0 aliphatic carbocycles. The van der Waals surface area contributed by atoms with Crippen LogP contribution in [0.2, 0.25) is 0 Å². The van der Waals surface area contributed by atoms with Gasteiger partial charge in [-0.15, -0.1) is 0 Å². The zero-order valence-electron chi connectivity index (χ0n) is 19.0. The highest BCUT2D eigenvalue weighted by atomic mass is 31.2. The third kappa shape index (κ3) is 5.65. The van der Waals surface area contributed by atoms with Gasteiger partial charge in [-0.05, 0) is 56.3 Å². The molecule has 0 saturated heterocycles. The Balaban J connectivity index is 2.13. The van der Waals surface area contributed by atoms with Crippen LogP contribution in [0.1, 0.15) is 52.7 Å². The summed E-state index contributed by atoms with van der Waals surface area (Å²) in [7, 11) is -4.58. The number of phosphoric acid groups is 1. The van der Waals surface area contributed by atoms with Crippen LogP contribution in [0.3, 0.4) is 0 Å². The Labute approximate surface area is 185 Å². The first kappa shape index (κ1) is 23.3. The van der Waals surface area contributed by atoms with Gasteiger partial charge >= 0.3 is 7.82 Å². The molecule has 4 nitrogen and oxygen atoms in total. The molecule has 0 spiro atoms. The van der Waals surface area contributed by atoms with E-state index in [2.05, 4.69) is 76.4 Å². The van der Waals surface area contributed by atoms with Gasteiger partial charge in [0.25, 0.3) is 0 Å². The number of hydrogen-bond acceptors (Lipinski definition) is 2. The highest BCUT2D eigenvalue weighted by Crippen LogP contribution is 2.42. The molecular weight excluding hydrogens is 407 g/mol. The highest BCUT2D eigenvalue weighted by Gasteiger charge is 2.24. The zero-order valence-corrected chi connectivity index (χ0v) is 19.9. The third-order valence-electron chi connectivity index (χ3n) is 5.30. The van der Waals surface area contributed by atoms with Crippen LogP contribution in [0.15, 0.2) is 66.7 Å². The zero-order chi connectivity index (χ0) is 23.0. The molecule has 0 unspecified atom stereocenters. The Morgan fingerprint density at radius 2 is 1.29 bits per heavy atom. The van der Waals surface area contributed by atoms with Crippen LogP contribution in [0.25, 0.3) is 22.3 Å². The number of phosphoric ester groups is 1. The quantitative estimate of drug-likeness (QED) is 0.427. The maximum atomic E-state index is 11.1. The van der Waals surface area contributed by atoms with Gasteiger partial charge in [0.15, 0.2) is 0 Å². The molecule has 0 heterocycles. The lowest BCUT2D eigenvalue weighted by atomic mass is 9.76. The summed E-state index contributed by atoms with van der Waals surface area (Å²) < 4.78 is 15.8. The Bertz CT molecular complexity index is 1110. The minimum Gasteiger partial charge on any atom is -0.404 e. The van der Waals surface area contributed by atoms with E-state index in [-0.39, 0.29) is 16.6 Å². The van der Waals surface area contributed by atoms with Crippen LogP contribution in [-0.2, 0) is 15.4 Å². The number of hydrogen-bond donors (Lipinski definition) is 2. The maximum Gasteiger partial charge on any atom is 0.524 e. The molecule has 0 aliphatic rings. The SMILES string of the molecule is CC(C)(C)c1ccc(-c2ccccc2-c2ccc(OP(=O)(O)O)cc2)c(C(C)(C)C)c1. The van der Waals surface area contributed by atoms with Gasteiger partial charge in [0.1, 0.15) is 5.75 Å². The van der Waals surface area contributed by atoms with E-state index in [1.807, 2.05) is 24.3 Å². The fourth-order valence-electron chi connectivity index (χ4n) is 3.67. The fraction of sp³-hybridized carbons (Fsp3) is 0.308. The summed E-state index contributed by atoms with van der Waals surface area (Å²) in [5.74, 6) is 0.138. The van der Waals surface area contributed by atoms with Crippen molar-refractivity contribution in [1.82, 2.24) is 0 Å². The van der Waals surface area contributed by atoms with Crippen LogP contribution in [0.5, 0.6) is 5.75 Å². The van der Waals surface area contributed by atoms with Crippen LogP contribution < -0.4 is 4.52 Å². The summed E-state index contributed by atoms with van der Waals surface area (Å²) in [4.78, 5) is 18.1. The standard InChI is InChI=1S/C26H31O4P/c1-25(2,3)19-13-16-23(24(17-19)26(4,5)6)22-10-8-7-9-21(22)18-11-14-20(15-12-18)30-31(27,28)29/h7-17H,1-6H3,(H2,27,28,29). The summed E-state index contributed by atoms with van der Waals surface area (Å²) in [5, 5.41) is 0. The maximum absolute atomic E-state index is 11.1. The van der Waals surface area contributed by atoms with Crippen LogP contribution in [0.4, 0.5) is 0 Å². The topological polar surface area (TPSA) is 66.8 Å². The molecule has 31 heavy (non-hydrogen) atoms. The van der Waals surface area contributed by atoms with Crippen LogP contribution in [-0.4, -0.2) is 9.79 Å². The molecule has 2 N–H and O–H groups in total. The molecule has 0 aromatic heterocycles. The van der Waals surface area contributed by atoms with Gasteiger partial charge in [-0.3, -0.25) is 9.79 Å². The summed E-state index contributed by atoms with van der Waals surface area (Å²) in [6, 6.07) is 21.8. The van der Waals surface area contributed by atoms with Gasteiger partial charge in [0, 0.05) is 0 Å². The molecule has 3 aromatic rings. The van der Waals surface area contributed by atoms with E-state index in [4.69, 9.17) is 9.79 Å². The molecule has 164 valence electrons. The van der Waals surface area contributed by atoms with Crippen LogP contribution >= 0.6 is 7.82 Å². The van der Waals surface area contributed by atoms with E-state index in [1.54, 1.807) is 12.1 Å². The van der Waals surface area contributed by atoms with Crippen molar-refractivity contribution >= 4 is 7.82 Å². The van der Waals surface area contributed by atoms with Gasteiger partial charge < -0.3 is 4.52 Å². The second-order valence-corrected chi connectivity index (χ2v) is 11.1. The second kappa shape index (κ2) is 8.27. The van der Waals surface area contributed by atoms with Crippen molar-refractivity contribution < 1.29 is 18.9 Å². The van der Waals surface area contributed by atoms with E-state index in [0.717, 1.165) is 16.7 Å². The normalized spacial score (nSPS) is 12.6. The predicted molar refractivity (Wildman–Crippen MR) is 127 cm³/mol. The third-order valence-corrected chi connectivity index (χ3v) is 5.75. The first-order valence-corrected chi connectivity index (χ1v) is 11.9. The van der Waals surface area contributed by atoms with Crippen LogP contribution in [0, 0.1) is 0 Å². The summed E-state index contributed by atoms with van der Waals surface area (Å²) in [5.41, 5.74) is 6.93. The molecule has 0 saturated carbocycles.